The Hall–Kier alpha value is -0.580. The highest BCUT2D eigenvalue weighted by Gasteiger charge is 2.17. The van der Waals surface area contributed by atoms with Gasteiger partial charge in [-0.25, -0.2) is 0 Å². The third kappa shape index (κ3) is 4.51. The van der Waals surface area contributed by atoms with Gasteiger partial charge < -0.3 is 11.1 Å². The SMILES string of the molecule is CC(C)(CN)NC(=O)CCc1cc(Cl)cs1. The van der Waals surface area contributed by atoms with Crippen LogP contribution in [-0.2, 0) is 11.2 Å². The normalized spacial score (nSPS) is 11.5. The summed E-state index contributed by atoms with van der Waals surface area (Å²) in [5, 5.41) is 5.50. The van der Waals surface area contributed by atoms with E-state index < -0.39 is 0 Å². The Labute approximate surface area is 105 Å². The molecule has 1 heterocycles. The van der Waals surface area contributed by atoms with Crippen LogP contribution in [0, 0.1) is 0 Å². The van der Waals surface area contributed by atoms with E-state index in [0.29, 0.717) is 13.0 Å². The van der Waals surface area contributed by atoms with Crippen LogP contribution in [-0.4, -0.2) is 18.0 Å². The summed E-state index contributed by atoms with van der Waals surface area (Å²) >= 11 is 7.38. The summed E-state index contributed by atoms with van der Waals surface area (Å²) < 4.78 is 0. The zero-order valence-electron chi connectivity index (χ0n) is 9.55. The van der Waals surface area contributed by atoms with E-state index in [1.165, 1.54) is 0 Å². The lowest BCUT2D eigenvalue weighted by atomic mass is 10.1. The molecule has 3 N–H and O–H groups in total. The first-order valence-corrected chi connectivity index (χ1v) is 6.43. The molecule has 0 aliphatic carbocycles. The van der Waals surface area contributed by atoms with Crippen molar-refractivity contribution in [1.29, 1.82) is 0 Å². The van der Waals surface area contributed by atoms with Crippen molar-refractivity contribution >= 4 is 28.8 Å². The summed E-state index contributed by atoms with van der Waals surface area (Å²) in [5.74, 6) is 0.0278. The van der Waals surface area contributed by atoms with Crippen LogP contribution in [0.1, 0.15) is 25.1 Å². The molecule has 0 aliphatic heterocycles. The van der Waals surface area contributed by atoms with Crippen molar-refractivity contribution in [2.24, 2.45) is 5.73 Å². The molecule has 3 nitrogen and oxygen atoms in total. The molecule has 1 rings (SSSR count). The lowest BCUT2D eigenvalue weighted by molar-refractivity contribution is -0.122. The van der Waals surface area contributed by atoms with Crippen molar-refractivity contribution in [2.75, 3.05) is 6.54 Å². The third-order valence-electron chi connectivity index (χ3n) is 2.21. The van der Waals surface area contributed by atoms with Crippen molar-refractivity contribution in [3.63, 3.8) is 0 Å². The molecule has 0 spiro atoms. The summed E-state index contributed by atoms with van der Waals surface area (Å²) in [6.45, 7) is 4.25. The van der Waals surface area contributed by atoms with E-state index in [9.17, 15) is 4.79 Å². The van der Waals surface area contributed by atoms with E-state index in [4.69, 9.17) is 17.3 Å². The summed E-state index contributed by atoms with van der Waals surface area (Å²) in [5.41, 5.74) is 5.21. The second-order valence-corrected chi connectivity index (χ2v) is 5.80. The van der Waals surface area contributed by atoms with Crippen LogP contribution in [0.4, 0.5) is 0 Å². The predicted octanol–water partition coefficient (Wildman–Crippen LogP) is 2.19. The van der Waals surface area contributed by atoms with E-state index in [1.807, 2.05) is 25.3 Å². The van der Waals surface area contributed by atoms with Crippen LogP contribution in [0.15, 0.2) is 11.4 Å². The number of thiophene rings is 1. The largest absolute Gasteiger partial charge is 0.350 e. The van der Waals surface area contributed by atoms with E-state index in [2.05, 4.69) is 5.32 Å². The zero-order chi connectivity index (χ0) is 12.2. The fourth-order valence-electron chi connectivity index (χ4n) is 1.21. The molecule has 0 bridgehead atoms. The van der Waals surface area contributed by atoms with Crippen LogP contribution in [0.25, 0.3) is 0 Å². The van der Waals surface area contributed by atoms with Gasteiger partial charge in [0.05, 0.1) is 5.02 Å². The number of hydrogen-bond donors (Lipinski definition) is 2. The molecule has 0 aromatic carbocycles. The molecule has 5 heteroatoms. The first-order chi connectivity index (χ1) is 7.43. The molecule has 0 atom stereocenters. The van der Waals surface area contributed by atoms with Crippen LogP contribution in [0.2, 0.25) is 5.02 Å². The fourth-order valence-corrected chi connectivity index (χ4v) is 2.29. The lowest BCUT2D eigenvalue weighted by Crippen LogP contribution is -2.48. The molecule has 1 aromatic rings. The monoisotopic (exact) mass is 260 g/mol. The van der Waals surface area contributed by atoms with Crippen LogP contribution >= 0.6 is 22.9 Å². The van der Waals surface area contributed by atoms with Gasteiger partial charge >= 0.3 is 0 Å². The molecule has 0 fully saturated rings. The predicted molar refractivity (Wildman–Crippen MR) is 68.9 cm³/mol. The maximum Gasteiger partial charge on any atom is 0.220 e. The Bertz CT molecular complexity index is 363. The zero-order valence-corrected chi connectivity index (χ0v) is 11.1. The van der Waals surface area contributed by atoms with E-state index in [1.54, 1.807) is 11.3 Å². The summed E-state index contributed by atoms with van der Waals surface area (Å²) in [6, 6.07) is 1.90. The minimum Gasteiger partial charge on any atom is -0.350 e. The fraction of sp³-hybridized carbons (Fsp3) is 0.545. The van der Waals surface area contributed by atoms with Crippen molar-refractivity contribution in [3.8, 4) is 0 Å². The molecule has 1 amide bonds. The smallest absolute Gasteiger partial charge is 0.220 e. The standard InChI is InChI=1S/C11H17ClN2OS/c1-11(2,7-13)14-10(15)4-3-9-5-8(12)6-16-9/h5-6H,3-4,7,13H2,1-2H3,(H,14,15). The van der Waals surface area contributed by atoms with Gasteiger partial charge in [0.15, 0.2) is 0 Å². The average molecular weight is 261 g/mol. The van der Waals surface area contributed by atoms with Crippen molar-refractivity contribution < 1.29 is 4.79 Å². The van der Waals surface area contributed by atoms with Gasteiger partial charge in [0.1, 0.15) is 0 Å². The number of halogens is 1. The number of aryl methyl sites for hydroxylation is 1. The van der Waals surface area contributed by atoms with E-state index >= 15 is 0 Å². The van der Waals surface area contributed by atoms with Gasteiger partial charge in [0.25, 0.3) is 0 Å². The topological polar surface area (TPSA) is 55.1 Å². The van der Waals surface area contributed by atoms with E-state index in [0.717, 1.165) is 16.3 Å². The molecule has 90 valence electrons. The number of nitrogens with one attached hydrogen (secondary N) is 1. The molecular formula is C11H17ClN2OS. The Kier molecular flexibility index (Phi) is 4.77. The average Bonchev–Trinajstić information content (AvgIpc) is 2.61. The lowest BCUT2D eigenvalue weighted by Gasteiger charge is -2.24. The van der Waals surface area contributed by atoms with Gasteiger partial charge in [0, 0.05) is 28.8 Å². The highest BCUT2D eigenvalue weighted by Crippen LogP contribution is 2.20. The Morgan fingerprint density at radius 2 is 2.31 bits per heavy atom. The maximum atomic E-state index is 11.6. The van der Waals surface area contributed by atoms with Crippen LogP contribution in [0.3, 0.4) is 0 Å². The van der Waals surface area contributed by atoms with Gasteiger partial charge in [-0.1, -0.05) is 11.6 Å². The maximum absolute atomic E-state index is 11.6. The molecule has 0 radical (unpaired) electrons. The molecule has 16 heavy (non-hydrogen) atoms. The third-order valence-corrected chi connectivity index (χ3v) is 3.55. The van der Waals surface area contributed by atoms with Gasteiger partial charge in [0.2, 0.25) is 5.91 Å². The molecule has 0 unspecified atom stereocenters. The highest BCUT2D eigenvalue weighted by atomic mass is 35.5. The molecule has 1 aromatic heterocycles. The van der Waals surface area contributed by atoms with Crippen molar-refractivity contribution in [2.45, 2.75) is 32.2 Å². The number of nitrogens with two attached hydrogens (primary N) is 1. The second kappa shape index (κ2) is 5.66. The summed E-state index contributed by atoms with van der Waals surface area (Å²) in [6.07, 6.45) is 1.20. The van der Waals surface area contributed by atoms with Gasteiger partial charge in [-0.3, -0.25) is 4.79 Å². The van der Waals surface area contributed by atoms with Gasteiger partial charge in [-0.2, -0.15) is 0 Å². The first kappa shape index (κ1) is 13.5. The Morgan fingerprint density at radius 3 is 2.81 bits per heavy atom. The number of rotatable bonds is 5. The highest BCUT2D eigenvalue weighted by molar-refractivity contribution is 7.10. The second-order valence-electron chi connectivity index (χ2n) is 4.37. The molecule has 0 saturated heterocycles. The van der Waals surface area contributed by atoms with Gasteiger partial charge in [-0.15, -0.1) is 11.3 Å². The first-order valence-electron chi connectivity index (χ1n) is 5.17. The quantitative estimate of drug-likeness (QED) is 0.853. The van der Waals surface area contributed by atoms with E-state index in [-0.39, 0.29) is 11.4 Å². The molecular weight excluding hydrogens is 244 g/mol. The Balaban J connectivity index is 2.36. The number of hydrogen-bond acceptors (Lipinski definition) is 3. The van der Waals surface area contributed by atoms with Crippen LogP contribution in [0.5, 0.6) is 0 Å². The molecule has 0 aliphatic rings. The number of carbonyl (C=O) groups excluding carboxylic acids is 1. The summed E-state index contributed by atoms with van der Waals surface area (Å²) in [7, 11) is 0. The van der Waals surface area contributed by atoms with Crippen molar-refractivity contribution in [1.82, 2.24) is 5.32 Å². The number of amides is 1. The molecule has 0 saturated carbocycles. The Morgan fingerprint density at radius 1 is 1.62 bits per heavy atom. The summed E-state index contributed by atoms with van der Waals surface area (Å²) in [4.78, 5) is 12.7. The number of carbonyl (C=O) groups is 1. The minimum atomic E-state index is -0.329. The van der Waals surface area contributed by atoms with Crippen molar-refractivity contribution in [3.05, 3.63) is 21.3 Å². The minimum absolute atomic E-state index is 0.0278. The van der Waals surface area contributed by atoms with Crippen LogP contribution < -0.4 is 11.1 Å². The van der Waals surface area contributed by atoms with Gasteiger partial charge in [-0.05, 0) is 26.3 Å².